The van der Waals surface area contributed by atoms with Crippen molar-refractivity contribution in [2.24, 2.45) is 5.10 Å². The maximum absolute atomic E-state index is 12.9. The number of nitrogens with one attached hydrogen (secondary N) is 1. The van der Waals surface area contributed by atoms with Crippen LogP contribution < -0.4 is 10.1 Å². The number of pyridine rings is 1. The number of rotatable bonds is 5. The Balaban J connectivity index is 1.79. The largest absolute Gasteiger partial charge is 0.497 e. The Morgan fingerprint density at radius 2 is 1.85 bits per heavy atom. The van der Waals surface area contributed by atoms with Gasteiger partial charge in [-0.25, -0.2) is 14.6 Å². The third-order valence-corrected chi connectivity index (χ3v) is 5.36. The van der Waals surface area contributed by atoms with Crippen LogP contribution in [0.1, 0.15) is 29.8 Å². The summed E-state index contributed by atoms with van der Waals surface area (Å²) in [5.41, 5.74) is 0.520. The first-order valence-electron chi connectivity index (χ1n) is 10.2. The number of alkyl halides is 3. The molecule has 0 aliphatic carbocycles. The number of aromatic nitrogens is 1. The number of hydrogen-bond donors (Lipinski definition) is 1. The van der Waals surface area contributed by atoms with Gasteiger partial charge in [0.15, 0.2) is 0 Å². The van der Waals surface area contributed by atoms with Gasteiger partial charge >= 0.3 is 18.3 Å². The molecule has 0 fully saturated rings. The summed E-state index contributed by atoms with van der Waals surface area (Å²) in [5, 5.41) is 8.27. The van der Waals surface area contributed by atoms with Crippen molar-refractivity contribution in [3.63, 3.8) is 0 Å². The first-order valence-corrected chi connectivity index (χ1v) is 10.2. The summed E-state index contributed by atoms with van der Waals surface area (Å²) >= 11 is 0. The van der Waals surface area contributed by atoms with Gasteiger partial charge in [-0.05, 0) is 42.8 Å². The third kappa shape index (κ3) is 5.38. The molecule has 1 aromatic carbocycles. The number of carbonyl (C=O) groups is 2. The van der Waals surface area contributed by atoms with Crippen molar-refractivity contribution in [3.05, 3.63) is 59.4 Å². The number of urea groups is 1. The van der Waals surface area contributed by atoms with E-state index in [1.54, 1.807) is 31.2 Å². The highest BCUT2D eigenvalue weighted by Crippen LogP contribution is 2.28. The van der Waals surface area contributed by atoms with Gasteiger partial charge in [0.25, 0.3) is 0 Å². The molecule has 2 heterocycles. The monoisotopic (exact) mass is 479 g/mol. The topological polar surface area (TPSA) is 96.4 Å². The molecule has 0 saturated carbocycles. The van der Waals surface area contributed by atoms with Crippen LogP contribution in [0.5, 0.6) is 5.75 Å². The number of ether oxygens (including phenoxy) is 2. The highest BCUT2D eigenvalue weighted by molar-refractivity contribution is 6.07. The van der Waals surface area contributed by atoms with Crippen molar-refractivity contribution in [2.75, 3.05) is 27.8 Å². The van der Waals surface area contributed by atoms with E-state index >= 15 is 0 Å². The molecular weight excluding hydrogens is 455 g/mol. The lowest BCUT2D eigenvalue weighted by atomic mass is 10.0. The number of hydrogen-bond acceptors (Lipinski definition) is 6. The number of benzene rings is 1. The minimum atomic E-state index is -4.55. The lowest BCUT2D eigenvalue weighted by molar-refractivity contribution is -0.141. The minimum absolute atomic E-state index is 0.0524. The molecule has 0 saturated heterocycles. The molecular formula is C22H24F3N5O4. The van der Waals surface area contributed by atoms with Gasteiger partial charge in [-0.1, -0.05) is 6.07 Å². The molecule has 0 unspecified atom stereocenters. The van der Waals surface area contributed by atoms with Gasteiger partial charge in [-0.3, -0.25) is 4.98 Å². The number of carbonyl (C=O) groups excluding carboxylic acids is 2. The molecule has 9 nitrogen and oxygen atoms in total. The van der Waals surface area contributed by atoms with E-state index < -0.39 is 36.1 Å². The van der Waals surface area contributed by atoms with E-state index in [-0.39, 0.29) is 6.54 Å². The van der Waals surface area contributed by atoms with Crippen LogP contribution in [0, 0.1) is 0 Å². The smallest absolute Gasteiger partial charge is 0.433 e. The molecule has 3 rings (SSSR count). The zero-order valence-electron chi connectivity index (χ0n) is 19.0. The number of likely N-dealkylation sites (N-methyl/N-ethyl adjacent to an activating group) is 1. The highest BCUT2D eigenvalue weighted by Gasteiger charge is 2.37. The summed E-state index contributed by atoms with van der Waals surface area (Å²) < 4.78 is 48.2. The summed E-state index contributed by atoms with van der Waals surface area (Å²) in [4.78, 5) is 29.8. The van der Waals surface area contributed by atoms with Crippen molar-refractivity contribution in [2.45, 2.75) is 25.2 Å². The summed E-state index contributed by atoms with van der Waals surface area (Å²) in [7, 11) is 4.32. The number of halogens is 3. The van der Waals surface area contributed by atoms with Crippen molar-refractivity contribution >= 4 is 17.8 Å². The molecule has 3 amide bonds. The Morgan fingerprint density at radius 1 is 1.18 bits per heavy atom. The average molecular weight is 479 g/mol. The van der Waals surface area contributed by atoms with E-state index in [1.807, 2.05) is 0 Å². The number of nitrogens with zero attached hydrogens (tertiary/aromatic N) is 4. The van der Waals surface area contributed by atoms with Gasteiger partial charge in [0.2, 0.25) is 0 Å². The Labute approximate surface area is 194 Å². The van der Waals surface area contributed by atoms with Crippen molar-refractivity contribution < 1.29 is 32.2 Å². The second kappa shape index (κ2) is 9.98. The zero-order valence-corrected chi connectivity index (χ0v) is 19.0. The summed E-state index contributed by atoms with van der Waals surface area (Å²) in [6, 6.07) is 7.28. The fraction of sp³-hybridized carbons (Fsp3) is 0.364. The van der Waals surface area contributed by atoms with Gasteiger partial charge in [0, 0.05) is 18.8 Å². The summed E-state index contributed by atoms with van der Waals surface area (Å²) in [6.07, 6.45) is -4.08. The Bertz CT molecular complexity index is 1060. The second-order valence-electron chi connectivity index (χ2n) is 7.54. The number of hydrazone groups is 1. The van der Waals surface area contributed by atoms with Gasteiger partial charge < -0.3 is 19.7 Å². The van der Waals surface area contributed by atoms with Crippen LogP contribution in [-0.4, -0.2) is 66.6 Å². The fourth-order valence-corrected chi connectivity index (χ4v) is 3.38. The van der Waals surface area contributed by atoms with Gasteiger partial charge in [0.1, 0.15) is 11.4 Å². The molecule has 1 aliphatic heterocycles. The molecule has 1 aromatic heterocycles. The van der Waals surface area contributed by atoms with Crippen LogP contribution >= 0.6 is 0 Å². The van der Waals surface area contributed by atoms with Crippen LogP contribution in [0.3, 0.4) is 0 Å². The van der Waals surface area contributed by atoms with Crippen molar-refractivity contribution in [3.8, 4) is 5.75 Å². The molecule has 1 aliphatic rings. The van der Waals surface area contributed by atoms with E-state index in [1.165, 1.54) is 32.2 Å². The molecule has 2 atom stereocenters. The average Bonchev–Trinajstić information content (AvgIpc) is 3.28. The molecule has 12 heteroatoms. The van der Waals surface area contributed by atoms with E-state index in [0.717, 1.165) is 17.3 Å². The van der Waals surface area contributed by atoms with Crippen molar-refractivity contribution in [1.82, 2.24) is 20.2 Å². The quantitative estimate of drug-likeness (QED) is 0.706. The number of amides is 3. The van der Waals surface area contributed by atoms with Crippen LogP contribution in [0.2, 0.25) is 0 Å². The van der Waals surface area contributed by atoms with Gasteiger partial charge in [-0.15, -0.1) is 0 Å². The van der Waals surface area contributed by atoms with Crippen LogP contribution in [0.15, 0.2) is 47.7 Å². The maximum atomic E-state index is 12.9. The van der Waals surface area contributed by atoms with E-state index in [4.69, 9.17) is 9.47 Å². The Kier molecular flexibility index (Phi) is 7.28. The van der Waals surface area contributed by atoms with Crippen LogP contribution in [0.25, 0.3) is 0 Å². The summed E-state index contributed by atoms with van der Waals surface area (Å²) in [6.45, 7) is 1.67. The highest BCUT2D eigenvalue weighted by atomic mass is 19.4. The normalized spacial score (nSPS) is 16.5. The molecule has 34 heavy (non-hydrogen) atoms. The Morgan fingerprint density at radius 3 is 2.38 bits per heavy atom. The first kappa shape index (κ1) is 24.8. The molecule has 0 radical (unpaired) electrons. The van der Waals surface area contributed by atoms with Crippen molar-refractivity contribution in [1.29, 1.82) is 0 Å². The molecule has 0 spiro atoms. The van der Waals surface area contributed by atoms with E-state index in [0.29, 0.717) is 22.6 Å². The van der Waals surface area contributed by atoms with Gasteiger partial charge in [-0.2, -0.15) is 18.3 Å². The maximum Gasteiger partial charge on any atom is 0.433 e. The molecule has 0 bridgehead atoms. The lowest BCUT2D eigenvalue weighted by Gasteiger charge is -2.25. The van der Waals surface area contributed by atoms with Crippen LogP contribution in [-0.2, 0) is 10.9 Å². The number of methoxy groups -OCH3 is 2. The first-order chi connectivity index (χ1) is 16.0. The van der Waals surface area contributed by atoms with Gasteiger partial charge in [0.05, 0.1) is 38.6 Å². The Hall–Kier alpha value is -3.83. The lowest BCUT2D eigenvalue weighted by Crippen LogP contribution is -2.46. The SMILES string of the molecule is COC(=O)N(C)[C@H]1CN(C(=O)N[C@H](C)c2ccc(C(F)(F)F)nc2)N=C1c1ccc(OC)cc1. The molecule has 182 valence electrons. The third-order valence-electron chi connectivity index (χ3n) is 5.36. The molecule has 2 aromatic rings. The fourth-order valence-electron chi connectivity index (χ4n) is 3.38. The second-order valence-corrected chi connectivity index (χ2v) is 7.54. The van der Waals surface area contributed by atoms with Crippen LogP contribution in [0.4, 0.5) is 22.8 Å². The standard InChI is InChI=1S/C22H24F3N5O4/c1-13(15-7-10-18(26-11-15)22(23,24)25)27-20(31)30-12-17(29(2)21(32)34-4)19(28-30)14-5-8-16(33-3)9-6-14/h5-11,13,17H,12H2,1-4H3,(H,27,31)/t13-,17+/m1/s1. The molecule has 1 N–H and O–H groups in total. The summed E-state index contributed by atoms with van der Waals surface area (Å²) in [5.74, 6) is 0.633. The predicted molar refractivity (Wildman–Crippen MR) is 116 cm³/mol. The zero-order chi connectivity index (χ0) is 25.0. The van der Waals surface area contributed by atoms with E-state index in [9.17, 15) is 22.8 Å². The van der Waals surface area contributed by atoms with E-state index in [2.05, 4.69) is 15.4 Å². The predicted octanol–water partition coefficient (Wildman–Crippen LogP) is 3.67. The minimum Gasteiger partial charge on any atom is -0.497 e.